The van der Waals surface area contributed by atoms with Crippen LogP contribution < -0.4 is 16.0 Å². The van der Waals surface area contributed by atoms with E-state index < -0.39 is 11.7 Å². The minimum Gasteiger partial charge on any atom is -0.384 e. The molecule has 41 heavy (non-hydrogen) atoms. The van der Waals surface area contributed by atoms with E-state index in [1.165, 1.54) is 34.7 Å². The van der Waals surface area contributed by atoms with Crippen molar-refractivity contribution in [3.63, 3.8) is 0 Å². The van der Waals surface area contributed by atoms with Crippen molar-refractivity contribution in [1.29, 1.82) is 5.26 Å². The second-order valence-electron chi connectivity index (χ2n) is 10.7. The van der Waals surface area contributed by atoms with Crippen molar-refractivity contribution in [1.82, 2.24) is 10.2 Å². The first-order chi connectivity index (χ1) is 19.6. The number of allylic oxidation sites excluding steroid dienone is 3. The molecule has 0 saturated heterocycles. The summed E-state index contributed by atoms with van der Waals surface area (Å²) >= 11 is 2.44. The minimum atomic E-state index is -0.909. The number of aromatic nitrogens is 2. The number of nitrogens with zero attached hydrogens (tertiary/aromatic N) is 4. The third kappa shape index (κ3) is 5.76. The van der Waals surface area contributed by atoms with E-state index in [4.69, 9.17) is 5.73 Å². The quantitative estimate of drug-likeness (QED) is 0.326. The fourth-order valence-corrected chi connectivity index (χ4v) is 6.93. The molecule has 8 nitrogen and oxygen atoms in total. The molecular formula is C30H29FN6O2S2. The van der Waals surface area contributed by atoms with Crippen LogP contribution in [0.15, 0.2) is 75.5 Å². The standard InChI is InChI=1S/C30H29FN6O2S2/c1-4-17-9-11-18(12-10-17)34-24(39)16-40-29-36-35-28(41-29)37-22-13-30(2,3)14-23(38)26(22)25(20(15-32)27(37)33)19-7-5-6-8-21(19)31/h5-12,25H,4,13-14,16,33H2,1-3H3,(H,34,39). The van der Waals surface area contributed by atoms with Gasteiger partial charge in [-0.1, -0.05) is 74.2 Å². The molecule has 1 amide bonds. The molecule has 0 saturated carbocycles. The number of thioether (sulfide) groups is 1. The van der Waals surface area contributed by atoms with Crippen LogP contribution in [0, 0.1) is 22.6 Å². The lowest BCUT2D eigenvalue weighted by Gasteiger charge is -2.42. The average Bonchev–Trinajstić information content (AvgIpc) is 3.40. The number of anilines is 2. The molecule has 5 rings (SSSR count). The predicted molar refractivity (Wildman–Crippen MR) is 159 cm³/mol. The van der Waals surface area contributed by atoms with Crippen LogP contribution in [0.25, 0.3) is 0 Å². The minimum absolute atomic E-state index is 0.0831. The fraction of sp³-hybridized carbons (Fsp3) is 0.300. The van der Waals surface area contributed by atoms with Gasteiger partial charge in [0, 0.05) is 28.9 Å². The van der Waals surface area contributed by atoms with Crippen LogP contribution in [0.2, 0.25) is 0 Å². The second kappa shape index (κ2) is 11.5. The number of nitriles is 1. The van der Waals surface area contributed by atoms with Gasteiger partial charge in [-0.3, -0.25) is 14.5 Å². The molecule has 0 bridgehead atoms. The van der Waals surface area contributed by atoms with Crippen LogP contribution in [0.4, 0.5) is 15.2 Å². The predicted octanol–water partition coefficient (Wildman–Crippen LogP) is 5.91. The Kier molecular flexibility index (Phi) is 7.98. The normalized spacial score (nSPS) is 18.3. The molecule has 2 aliphatic rings. The van der Waals surface area contributed by atoms with Crippen molar-refractivity contribution in [2.24, 2.45) is 11.1 Å². The first-order valence-electron chi connectivity index (χ1n) is 13.2. The maximum atomic E-state index is 15.0. The summed E-state index contributed by atoms with van der Waals surface area (Å²) in [6.45, 7) is 6.04. The average molecular weight is 589 g/mol. The number of hydrogen-bond donors (Lipinski definition) is 2. The summed E-state index contributed by atoms with van der Waals surface area (Å²) in [5.41, 5.74) is 9.40. The van der Waals surface area contributed by atoms with Gasteiger partial charge >= 0.3 is 0 Å². The van der Waals surface area contributed by atoms with E-state index in [1.807, 2.05) is 38.1 Å². The molecule has 1 aliphatic carbocycles. The molecule has 0 spiro atoms. The molecule has 210 valence electrons. The number of amides is 1. The van der Waals surface area contributed by atoms with Gasteiger partial charge in [-0.2, -0.15) is 5.26 Å². The molecule has 3 N–H and O–H groups in total. The summed E-state index contributed by atoms with van der Waals surface area (Å²) in [6.07, 6.45) is 1.65. The number of carbonyl (C=O) groups is 2. The van der Waals surface area contributed by atoms with Gasteiger partial charge in [0.1, 0.15) is 11.6 Å². The number of benzene rings is 2. The molecule has 0 fully saturated rings. The Balaban J connectivity index is 1.44. The Morgan fingerprint density at radius 2 is 1.95 bits per heavy atom. The number of rotatable bonds is 7. The van der Waals surface area contributed by atoms with E-state index >= 15 is 4.39 Å². The Labute approximate surface area is 246 Å². The van der Waals surface area contributed by atoms with Crippen molar-refractivity contribution in [2.45, 2.75) is 50.3 Å². The third-order valence-electron chi connectivity index (χ3n) is 7.16. The van der Waals surface area contributed by atoms with Gasteiger partial charge in [-0.25, -0.2) is 4.39 Å². The first kappa shape index (κ1) is 28.5. The SMILES string of the molecule is CCc1ccc(NC(=O)CSc2nnc(N3C(N)=C(C#N)C(c4ccccc4F)C4=C3CC(C)(C)CC4=O)s2)cc1. The molecule has 11 heteroatoms. The fourth-order valence-electron chi connectivity index (χ4n) is 5.25. The number of carbonyl (C=O) groups excluding carboxylic acids is 2. The summed E-state index contributed by atoms with van der Waals surface area (Å²) in [4.78, 5) is 27.8. The Hall–Kier alpha value is -4.01. The number of nitrogens with two attached hydrogens (primary N) is 1. The van der Waals surface area contributed by atoms with Crippen molar-refractivity contribution >= 4 is 45.6 Å². The van der Waals surface area contributed by atoms with Gasteiger partial charge in [0.15, 0.2) is 10.1 Å². The monoisotopic (exact) mass is 588 g/mol. The molecule has 2 aromatic carbocycles. The van der Waals surface area contributed by atoms with Crippen molar-refractivity contribution in [3.8, 4) is 6.07 Å². The number of halogens is 1. The van der Waals surface area contributed by atoms with Gasteiger partial charge in [0.2, 0.25) is 11.0 Å². The smallest absolute Gasteiger partial charge is 0.234 e. The molecule has 0 radical (unpaired) electrons. The molecule has 1 aromatic heterocycles. The summed E-state index contributed by atoms with van der Waals surface area (Å²) in [5.74, 6) is -1.55. The van der Waals surface area contributed by atoms with Gasteiger partial charge < -0.3 is 11.1 Å². The topological polar surface area (TPSA) is 125 Å². The maximum absolute atomic E-state index is 15.0. The molecule has 1 unspecified atom stereocenters. The third-order valence-corrected chi connectivity index (χ3v) is 9.20. The van der Waals surface area contributed by atoms with Gasteiger partial charge in [-0.15, -0.1) is 10.2 Å². The van der Waals surface area contributed by atoms with Crippen LogP contribution in [0.5, 0.6) is 0 Å². The number of aryl methyl sites for hydroxylation is 1. The highest BCUT2D eigenvalue weighted by molar-refractivity contribution is 8.01. The molecule has 1 atom stereocenters. The summed E-state index contributed by atoms with van der Waals surface area (Å²) < 4.78 is 15.5. The zero-order valence-electron chi connectivity index (χ0n) is 22.9. The Morgan fingerprint density at radius 3 is 2.63 bits per heavy atom. The van der Waals surface area contributed by atoms with Crippen molar-refractivity contribution in [3.05, 3.63) is 88.1 Å². The van der Waals surface area contributed by atoms with Gasteiger partial charge in [-0.05, 0) is 42.0 Å². The van der Waals surface area contributed by atoms with Crippen LogP contribution in [0.3, 0.4) is 0 Å². The number of Topliss-reactive ketones (excluding diaryl/α,β-unsaturated/α-hetero) is 1. The Morgan fingerprint density at radius 1 is 1.22 bits per heavy atom. The van der Waals surface area contributed by atoms with Crippen LogP contribution in [-0.4, -0.2) is 27.6 Å². The molecule has 1 aliphatic heterocycles. The first-order valence-corrected chi connectivity index (χ1v) is 15.0. The van der Waals surface area contributed by atoms with Gasteiger partial charge in [0.05, 0.1) is 23.3 Å². The lowest BCUT2D eigenvalue weighted by atomic mass is 9.68. The summed E-state index contributed by atoms with van der Waals surface area (Å²) in [7, 11) is 0. The van der Waals surface area contributed by atoms with E-state index in [0.29, 0.717) is 27.2 Å². The highest BCUT2D eigenvalue weighted by Crippen LogP contribution is 2.51. The zero-order chi connectivity index (χ0) is 29.3. The van der Waals surface area contributed by atoms with Crippen molar-refractivity contribution < 1.29 is 14.0 Å². The van der Waals surface area contributed by atoms with E-state index in [1.54, 1.807) is 23.1 Å². The van der Waals surface area contributed by atoms with E-state index in [0.717, 1.165) is 12.1 Å². The lowest BCUT2D eigenvalue weighted by Crippen LogP contribution is -2.42. The summed E-state index contributed by atoms with van der Waals surface area (Å²) in [6, 6.07) is 16.0. The highest BCUT2D eigenvalue weighted by Gasteiger charge is 2.46. The second-order valence-corrected chi connectivity index (χ2v) is 12.9. The molecule has 2 heterocycles. The van der Waals surface area contributed by atoms with E-state index in [2.05, 4.69) is 28.5 Å². The van der Waals surface area contributed by atoms with Crippen LogP contribution in [0.1, 0.15) is 50.7 Å². The zero-order valence-corrected chi connectivity index (χ0v) is 24.5. The van der Waals surface area contributed by atoms with E-state index in [-0.39, 0.29) is 46.2 Å². The van der Waals surface area contributed by atoms with Crippen LogP contribution in [-0.2, 0) is 16.0 Å². The Bertz CT molecular complexity index is 1620. The largest absolute Gasteiger partial charge is 0.384 e. The maximum Gasteiger partial charge on any atom is 0.234 e. The van der Waals surface area contributed by atoms with Gasteiger partial charge in [0.25, 0.3) is 0 Å². The van der Waals surface area contributed by atoms with Crippen molar-refractivity contribution in [2.75, 3.05) is 16.0 Å². The lowest BCUT2D eigenvalue weighted by molar-refractivity contribution is -0.118. The summed E-state index contributed by atoms with van der Waals surface area (Å²) in [5, 5.41) is 22.0. The molecular weight excluding hydrogens is 560 g/mol. The van der Waals surface area contributed by atoms with E-state index in [9.17, 15) is 14.9 Å². The molecule has 3 aromatic rings. The number of ketones is 1. The number of hydrogen-bond acceptors (Lipinski definition) is 9. The highest BCUT2D eigenvalue weighted by atomic mass is 32.2. The number of nitrogens with one attached hydrogen (secondary N) is 1. The van der Waals surface area contributed by atoms with Crippen LogP contribution >= 0.6 is 23.1 Å².